The van der Waals surface area contributed by atoms with E-state index in [2.05, 4.69) is 11.2 Å². The van der Waals surface area contributed by atoms with Crippen LogP contribution in [0.5, 0.6) is 0 Å². The van der Waals surface area contributed by atoms with Crippen molar-refractivity contribution in [2.75, 3.05) is 0 Å². The average molecular weight is 163 g/mol. The quantitative estimate of drug-likeness (QED) is 0.615. The van der Waals surface area contributed by atoms with E-state index >= 15 is 0 Å². The Morgan fingerprint density at radius 2 is 2.50 bits per heavy atom. The van der Waals surface area contributed by atoms with Crippen molar-refractivity contribution in [3.8, 4) is 6.07 Å². The van der Waals surface area contributed by atoms with E-state index < -0.39 is 0 Å². The molecule has 4 heteroatoms. The smallest absolute Gasteiger partial charge is 0.144 e. The van der Waals surface area contributed by atoms with E-state index in [0.717, 1.165) is 17.8 Å². The maximum atomic E-state index is 8.84. The second-order valence-corrected chi connectivity index (χ2v) is 2.69. The monoisotopic (exact) mass is 163 g/mol. The molecule has 0 aliphatic carbocycles. The minimum absolute atomic E-state index is 0.540. The number of aryl methyl sites for hydroxylation is 1. The molecule has 0 amide bonds. The second-order valence-electron chi connectivity index (χ2n) is 2.69. The molecule has 62 valence electrons. The van der Waals surface area contributed by atoms with Gasteiger partial charge in [-0.25, -0.2) is 0 Å². The number of fused-ring (bicyclic) bond motifs is 1. The van der Waals surface area contributed by atoms with E-state index in [0.29, 0.717) is 18.9 Å². The van der Waals surface area contributed by atoms with Gasteiger partial charge in [0.2, 0.25) is 0 Å². The Morgan fingerprint density at radius 3 is 3.17 bits per heavy atom. The van der Waals surface area contributed by atoms with Crippen LogP contribution in [0.25, 0.3) is 0 Å². The predicted octanol–water partition coefficient (Wildman–Crippen LogP) is 0.805. The van der Waals surface area contributed by atoms with Gasteiger partial charge >= 0.3 is 0 Å². The average Bonchev–Trinajstić information content (AvgIpc) is 2.61. The molecule has 0 saturated heterocycles. The molecule has 0 saturated carbocycles. The summed E-state index contributed by atoms with van der Waals surface area (Å²) >= 11 is 0. The minimum atomic E-state index is 0.540. The van der Waals surface area contributed by atoms with Gasteiger partial charge in [-0.2, -0.15) is 10.4 Å². The first-order valence-electron chi connectivity index (χ1n) is 3.93. The highest BCUT2D eigenvalue weighted by atomic mass is 16.5. The van der Waals surface area contributed by atoms with Crippen molar-refractivity contribution >= 4 is 0 Å². The van der Waals surface area contributed by atoms with Crippen LogP contribution in [0.4, 0.5) is 0 Å². The third kappa shape index (κ3) is 0.836. The van der Waals surface area contributed by atoms with Gasteiger partial charge in [0.25, 0.3) is 0 Å². The fraction of sp³-hybridized carbons (Fsp3) is 0.500. The zero-order valence-corrected chi connectivity index (χ0v) is 6.87. The summed E-state index contributed by atoms with van der Waals surface area (Å²) in [7, 11) is 0. The van der Waals surface area contributed by atoms with Crippen LogP contribution in [0.1, 0.15) is 23.9 Å². The van der Waals surface area contributed by atoms with Crippen LogP contribution in [0, 0.1) is 11.3 Å². The topological polar surface area (TPSA) is 50.8 Å². The lowest BCUT2D eigenvalue weighted by Gasteiger charge is -1.97. The summed E-state index contributed by atoms with van der Waals surface area (Å²) in [5.41, 5.74) is 2.55. The van der Waals surface area contributed by atoms with Crippen molar-refractivity contribution in [1.29, 1.82) is 5.26 Å². The van der Waals surface area contributed by atoms with E-state index in [1.807, 2.05) is 6.92 Å². The first-order valence-corrected chi connectivity index (χ1v) is 3.93. The van der Waals surface area contributed by atoms with Crippen LogP contribution in [0.2, 0.25) is 0 Å². The summed E-state index contributed by atoms with van der Waals surface area (Å²) < 4.78 is 6.90. The fourth-order valence-corrected chi connectivity index (χ4v) is 1.42. The van der Waals surface area contributed by atoms with Crippen LogP contribution in [0.15, 0.2) is 0 Å². The molecule has 0 spiro atoms. The minimum Gasteiger partial charge on any atom is -0.370 e. The molecule has 1 aromatic heterocycles. The first kappa shape index (κ1) is 7.32. The summed E-state index contributed by atoms with van der Waals surface area (Å²) in [4.78, 5) is 0. The molecule has 0 unspecified atom stereocenters. The highest BCUT2D eigenvalue weighted by Crippen LogP contribution is 2.21. The molecule has 1 aromatic rings. The zero-order chi connectivity index (χ0) is 8.55. The molecular formula is C8H9N3O. The molecule has 0 N–H and O–H groups in total. The molecule has 1 aliphatic heterocycles. The Bertz CT molecular complexity index is 348. The molecule has 4 nitrogen and oxygen atoms in total. The van der Waals surface area contributed by atoms with Crippen LogP contribution in [-0.4, -0.2) is 9.78 Å². The fourth-order valence-electron chi connectivity index (χ4n) is 1.42. The number of hydrogen-bond acceptors (Lipinski definition) is 3. The second kappa shape index (κ2) is 2.61. The molecule has 0 fully saturated rings. The van der Waals surface area contributed by atoms with Gasteiger partial charge in [-0.1, -0.05) is 0 Å². The van der Waals surface area contributed by atoms with Crippen LogP contribution < -0.4 is 0 Å². The van der Waals surface area contributed by atoms with Crippen molar-refractivity contribution in [2.24, 2.45) is 0 Å². The maximum absolute atomic E-state index is 8.84. The van der Waals surface area contributed by atoms with E-state index in [1.165, 1.54) is 0 Å². The van der Waals surface area contributed by atoms with Crippen molar-refractivity contribution in [2.45, 2.75) is 26.7 Å². The molecular weight excluding hydrogens is 154 g/mol. The lowest BCUT2D eigenvalue weighted by Crippen LogP contribution is -2.01. The molecule has 0 atom stereocenters. The Kier molecular flexibility index (Phi) is 1.59. The van der Waals surface area contributed by atoms with Crippen LogP contribution >= 0.6 is 0 Å². The van der Waals surface area contributed by atoms with E-state index in [4.69, 9.17) is 10.00 Å². The third-order valence-electron chi connectivity index (χ3n) is 2.02. The number of nitriles is 1. The summed E-state index contributed by atoms with van der Waals surface area (Å²) in [6.45, 7) is 3.81. The number of nitrogens with zero attached hydrogens (tertiary/aromatic N) is 3. The number of hydrogen-bond donors (Lipinski definition) is 0. The van der Waals surface area contributed by atoms with Crippen molar-refractivity contribution in [3.05, 3.63) is 17.0 Å². The summed E-state index contributed by atoms with van der Waals surface area (Å²) in [5, 5.41) is 13.1. The molecule has 0 radical (unpaired) electrons. The van der Waals surface area contributed by atoms with Crippen molar-refractivity contribution < 1.29 is 4.74 Å². The van der Waals surface area contributed by atoms with Gasteiger partial charge in [-0.05, 0) is 6.92 Å². The SMILES string of the molecule is CCn1nc2c(c1C#N)COC2. The highest BCUT2D eigenvalue weighted by molar-refractivity contribution is 5.36. The Balaban J connectivity index is 2.56. The molecule has 2 heterocycles. The predicted molar refractivity (Wildman–Crippen MR) is 41.1 cm³/mol. The van der Waals surface area contributed by atoms with Crippen molar-refractivity contribution in [3.63, 3.8) is 0 Å². The summed E-state index contributed by atoms with van der Waals surface area (Å²) in [6.07, 6.45) is 0. The lowest BCUT2D eigenvalue weighted by molar-refractivity contribution is 0.130. The van der Waals surface area contributed by atoms with Gasteiger partial charge < -0.3 is 4.74 Å². The van der Waals surface area contributed by atoms with Gasteiger partial charge in [0.1, 0.15) is 11.8 Å². The summed E-state index contributed by atoms with van der Waals surface area (Å²) in [6, 6.07) is 2.15. The van der Waals surface area contributed by atoms with Crippen LogP contribution in [0.3, 0.4) is 0 Å². The molecule has 0 bridgehead atoms. The van der Waals surface area contributed by atoms with Crippen LogP contribution in [-0.2, 0) is 24.5 Å². The third-order valence-corrected chi connectivity index (χ3v) is 2.02. The van der Waals surface area contributed by atoms with Gasteiger partial charge in [0.15, 0.2) is 0 Å². The zero-order valence-electron chi connectivity index (χ0n) is 6.87. The molecule has 1 aliphatic rings. The lowest BCUT2D eigenvalue weighted by atomic mass is 10.2. The standard InChI is InChI=1S/C8H9N3O/c1-2-11-8(3-9)6-4-12-5-7(6)10-11/h2,4-5H2,1H3. The molecule has 2 rings (SSSR count). The van der Waals surface area contributed by atoms with Gasteiger partial charge in [-0.15, -0.1) is 0 Å². The number of rotatable bonds is 1. The van der Waals surface area contributed by atoms with E-state index in [1.54, 1.807) is 4.68 Å². The summed E-state index contributed by atoms with van der Waals surface area (Å²) in [5.74, 6) is 0. The molecule has 0 aromatic carbocycles. The number of aromatic nitrogens is 2. The van der Waals surface area contributed by atoms with Gasteiger partial charge in [0.05, 0.1) is 18.9 Å². The maximum Gasteiger partial charge on any atom is 0.144 e. The Morgan fingerprint density at radius 1 is 1.67 bits per heavy atom. The van der Waals surface area contributed by atoms with Gasteiger partial charge in [-0.3, -0.25) is 4.68 Å². The van der Waals surface area contributed by atoms with Crippen molar-refractivity contribution in [1.82, 2.24) is 9.78 Å². The largest absolute Gasteiger partial charge is 0.370 e. The Labute approximate surface area is 70.4 Å². The first-order chi connectivity index (χ1) is 5.86. The van der Waals surface area contributed by atoms with E-state index in [9.17, 15) is 0 Å². The van der Waals surface area contributed by atoms with Gasteiger partial charge in [0, 0.05) is 12.1 Å². The number of ether oxygens (including phenoxy) is 1. The Hall–Kier alpha value is -1.34. The highest BCUT2D eigenvalue weighted by Gasteiger charge is 2.21. The normalized spacial score (nSPS) is 14.3. The molecule has 12 heavy (non-hydrogen) atoms. The van der Waals surface area contributed by atoms with E-state index in [-0.39, 0.29) is 0 Å².